The lowest BCUT2D eigenvalue weighted by Gasteiger charge is -2.20. The van der Waals surface area contributed by atoms with Crippen molar-refractivity contribution in [1.82, 2.24) is 5.32 Å². The van der Waals surface area contributed by atoms with Crippen LogP contribution in [0.15, 0.2) is 24.3 Å². The molecule has 0 amide bonds. The molecule has 0 bridgehead atoms. The molecule has 114 valence electrons. The van der Waals surface area contributed by atoms with Crippen molar-refractivity contribution < 1.29 is 0 Å². The molecule has 0 aliphatic heterocycles. The first-order valence-corrected chi connectivity index (χ1v) is 8.82. The number of nitrogens with one attached hydrogen (secondary N) is 1. The minimum atomic E-state index is 0.210. The van der Waals surface area contributed by atoms with E-state index in [2.05, 4.69) is 44.3 Å². The molecule has 21 heavy (non-hydrogen) atoms. The molecule has 0 aliphatic carbocycles. The van der Waals surface area contributed by atoms with Crippen LogP contribution in [0.2, 0.25) is 8.67 Å². The number of halogens is 2. The summed E-state index contributed by atoms with van der Waals surface area (Å²) in [5.41, 5.74) is 5.09. The minimum Gasteiger partial charge on any atom is -0.310 e. The molecule has 0 aliphatic rings. The van der Waals surface area contributed by atoms with E-state index in [1.54, 1.807) is 0 Å². The number of rotatable bonds is 6. The van der Waals surface area contributed by atoms with Crippen molar-refractivity contribution in [3.63, 3.8) is 0 Å². The average molecular weight is 342 g/mol. The molecule has 4 heteroatoms. The van der Waals surface area contributed by atoms with Gasteiger partial charge in [-0.2, -0.15) is 0 Å². The summed E-state index contributed by atoms with van der Waals surface area (Å²) in [6, 6.07) is 8.80. The van der Waals surface area contributed by atoms with Crippen molar-refractivity contribution >= 4 is 34.5 Å². The minimum absolute atomic E-state index is 0.210. The van der Waals surface area contributed by atoms with Crippen molar-refractivity contribution in [2.45, 2.75) is 39.7 Å². The number of aryl methyl sites for hydroxylation is 2. The van der Waals surface area contributed by atoms with Crippen molar-refractivity contribution in [2.75, 3.05) is 6.54 Å². The average Bonchev–Trinajstić information content (AvgIpc) is 2.77. The summed E-state index contributed by atoms with van der Waals surface area (Å²) in [6.07, 6.45) is 2.03. The second-order valence-corrected chi connectivity index (χ2v) is 7.71. The molecule has 0 fully saturated rings. The third-order valence-corrected chi connectivity index (χ3v) is 5.15. The van der Waals surface area contributed by atoms with Gasteiger partial charge in [-0.15, -0.1) is 11.3 Å². The van der Waals surface area contributed by atoms with Gasteiger partial charge in [0, 0.05) is 11.6 Å². The first kappa shape index (κ1) is 16.8. The summed E-state index contributed by atoms with van der Waals surface area (Å²) in [4.78, 5) is 0. The molecule has 0 spiro atoms. The highest BCUT2D eigenvalue weighted by atomic mass is 35.5. The van der Waals surface area contributed by atoms with Gasteiger partial charge in [0.05, 0.1) is 8.67 Å². The van der Waals surface area contributed by atoms with Crippen LogP contribution in [0.1, 0.15) is 41.6 Å². The summed E-state index contributed by atoms with van der Waals surface area (Å²) in [5.74, 6) is 0. The van der Waals surface area contributed by atoms with Gasteiger partial charge in [0.2, 0.25) is 0 Å². The molecule has 1 aromatic heterocycles. The summed E-state index contributed by atoms with van der Waals surface area (Å²) in [5, 5.41) is 3.60. The number of hydrogen-bond donors (Lipinski definition) is 1. The van der Waals surface area contributed by atoms with E-state index in [9.17, 15) is 0 Å². The molecule has 1 aromatic carbocycles. The van der Waals surface area contributed by atoms with Gasteiger partial charge in [0.15, 0.2) is 0 Å². The maximum Gasteiger partial charge on any atom is 0.0992 e. The molecule has 0 saturated heterocycles. The Hall–Kier alpha value is -0.540. The van der Waals surface area contributed by atoms with Gasteiger partial charge in [-0.3, -0.25) is 0 Å². The molecule has 0 radical (unpaired) electrons. The zero-order chi connectivity index (χ0) is 15.4. The van der Waals surface area contributed by atoms with Crippen LogP contribution in [0.5, 0.6) is 0 Å². The van der Waals surface area contributed by atoms with E-state index in [4.69, 9.17) is 23.2 Å². The van der Waals surface area contributed by atoms with Gasteiger partial charge < -0.3 is 5.32 Å². The van der Waals surface area contributed by atoms with Gasteiger partial charge in [-0.05, 0) is 50.4 Å². The Morgan fingerprint density at radius 3 is 2.57 bits per heavy atom. The lowest BCUT2D eigenvalue weighted by atomic mass is 9.96. The zero-order valence-corrected chi connectivity index (χ0v) is 15.0. The molecular formula is C17H21Cl2NS. The fraction of sp³-hybridized carbons (Fsp3) is 0.412. The highest BCUT2D eigenvalue weighted by Gasteiger charge is 2.18. The van der Waals surface area contributed by atoms with E-state index in [1.807, 2.05) is 6.07 Å². The summed E-state index contributed by atoms with van der Waals surface area (Å²) >= 11 is 13.9. The van der Waals surface area contributed by atoms with Crippen LogP contribution in [0, 0.1) is 13.8 Å². The largest absolute Gasteiger partial charge is 0.310 e. The molecule has 1 nitrogen and oxygen atoms in total. The lowest BCUT2D eigenvalue weighted by Crippen LogP contribution is -2.24. The van der Waals surface area contributed by atoms with Gasteiger partial charge in [-0.25, -0.2) is 0 Å². The predicted molar refractivity (Wildman–Crippen MR) is 95.0 cm³/mol. The topological polar surface area (TPSA) is 12.0 Å². The summed E-state index contributed by atoms with van der Waals surface area (Å²) in [7, 11) is 0. The Labute approximate surface area is 141 Å². The zero-order valence-electron chi connectivity index (χ0n) is 12.7. The number of benzene rings is 1. The van der Waals surface area contributed by atoms with Crippen molar-refractivity contribution in [3.8, 4) is 0 Å². The van der Waals surface area contributed by atoms with Crippen molar-refractivity contribution in [1.29, 1.82) is 0 Å². The molecule has 1 N–H and O–H groups in total. The molecule has 1 heterocycles. The molecule has 1 atom stereocenters. The van der Waals surface area contributed by atoms with Crippen LogP contribution in [-0.2, 0) is 6.42 Å². The molecular weight excluding hydrogens is 321 g/mol. The Morgan fingerprint density at radius 2 is 1.95 bits per heavy atom. The number of hydrogen-bond acceptors (Lipinski definition) is 2. The smallest absolute Gasteiger partial charge is 0.0992 e. The van der Waals surface area contributed by atoms with Crippen LogP contribution in [-0.4, -0.2) is 6.54 Å². The monoisotopic (exact) mass is 341 g/mol. The van der Waals surface area contributed by atoms with E-state index in [1.165, 1.54) is 28.0 Å². The van der Waals surface area contributed by atoms with Crippen molar-refractivity contribution in [3.05, 3.63) is 55.2 Å². The Morgan fingerprint density at radius 1 is 1.19 bits per heavy atom. The normalized spacial score (nSPS) is 12.6. The maximum absolute atomic E-state index is 6.35. The maximum atomic E-state index is 6.35. The van der Waals surface area contributed by atoms with Gasteiger partial charge in [-0.1, -0.05) is 53.9 Å². The molecule has 1 unspecified atom stereocenters. The molecule has 0 saturated carbocycles. The summed E-state index contributed by atoms with van der Waals surface area (Å²) in [6.45, 7) is 7.43. The second-order valence-electron chi connectivity index (χ2n) is 5.42. The third-order valence-electron chi connectivity index (χ3n) is 3.63. The van der Waals surface area contributed by atoms with E-state index in [0.29, 0.717) is 0 Å². The van der Waals surface area contributed by atoms with Crippen LogP contribution in [0.4, 0.5) is 0 Å². The lowest BCUT2D eigenvalue weighted by molar-refractivity contribution is 0.529. The Balaban J connectivity index is 2.28. The van der Waals surface area contributed by atoms with Crippen LogP contribution < -0.4 is 5.32 Å². The van der Waals surface area contributed by atoms with Gasteiger partial charge >= 0.3 is 0 Å². The fourth-order valence-electron chi connectivity index (χ4n) is 2.44. The highest BCUT2D eigenvalue weighted by Crippen LogP contribution is 2.36. The summed E-state index contributed by atoms with van der Waals surface area (Å²) < 4.78 is 1.54. The number of thiophene rings is 1. The van der Waals surface area contributed by atoms with Gasteiger partial charge in [0.25, 0.3) is 0 Å². The second kappa shape index (κ2) is 7.64. The van der Waals surface area contributed by atoms with E-state index < -0.39 is 0 Å². The standard InChI is InChI=1S/C17H21Cl2NS/c1-4-7-20-15(14-10-16(18)21-17(14)19)9-13-8-11(2)5-6-12(13)3/h5-6,8,10,15,20H,4,7,9H2,1-3H3. The van der Waals surface area contributed by atoms with Crippen molar-refractivity contribution in [2.24, 2.45) is 0 Å². The first-order chi connectivity index (χ1) is 10.0. The van der Waals surface area contributed by atoms with E-state index in [0.717, 1.165) is 33.6 Å². The van der Waals surface area contributed by atoms with Crippen LogP contribution in [0.25, 0.3) is 0 Å². The quantitative estimate of drug-likeness (QED) is 0.683. The Bertz CT molecular complexity index is 607. The molecule has 2 rings (SSSR count). The van der Waals surface area contributed by atoms with Gasteiger partial charge in [0.1, 0.15) is 0 Å². The Kier molecular flexibility index (Phi) is 6.12. The molecule has 2 aromatic rings. The highest BCUT2D eigenvalue weighted by molar-refractivity contribution is 7.20. The van der Waals surface area contributed by atoms with Crippen LogP contribution >= 0.6 is 34.5 Å². The fourth-order valence-corrected chi connectivity index (χ4v) is 4.02. The van der Waals surface area contributed by atoms with E-state index in [-0.39, 0.29) is 6.04 Å². The predicted octanol–water partition coefficient (Wildman–Crippen LogP) is 5.96. The van der Waals surface area contributed by atoms with Crippen LogP contribution in [0.3, 0.4) is 0 Å². The first-order valence-electron chi connectivity index (χ1n) is 7.25. The SMILES string of the molecule is CCCNC(Cc1cc(C)ccc1C)c1cc(Cl)sc1Cl. The van der Waals surface area contributed by atoms with E-state index >= 15 is 0 Å². The third kappa shape index (κ3) is 4.46.